The van der Waals surface area contributed by atoms with Crippen LogP contribution in [0.25, 0.3) is 10.1 Å². The number of carbonyl (C=O) groups excluding carboxylic acids is 1. The van der Waals surface area contributed by atoms with Gasteiger partial charge in [0.15, 0.2) is 0 Å². The number of fused-ring (bicyclic) bond motifs is 1. The van der Waals surface area contributed by atoms with Crippen LogP contribution in [-0.4, -0.2) is 19.2 Å². The van der Waals surface area contributed by atoms with E-state index in [1.165, 1.54) is 17.6 Å². The number of ether oxygens (including phenoxy) is 2. The highest BCUT2D eigenvalue weighted by Gasteiger charge is 2.10. The van der Waals surface area contributed by atoms with Crippen molar-refractivity contribution >= 4 is 27.4 Å². The molecule has 0 radical (unpaired) electrons. The third kappa shape index (κ3) is 2.85. The Morgan fingerprint density at radius 1 is 1.35 bits per heavy atom. The molecule has 0 aliphatic carbocycles. The first-order valence-electron chi connectivity index (χ1n) is 5.19. The standard InChI is InChI=1S/C13H12O3S/c1-2-15-7-8-16-13(14)12-9-10-5-3-4-6-11(10)17-12/h2-6,9H,1,7-8H2. The van der Waals surface area contributed by atoms with Gasteiger partial charge in [-0.15, -0.1) is 11.3 Å². The Kier molecular flexibility index (Phi) is 3.77. The van der Waals surface area contributed by atoms with Gasteiger partial charge in [0, 0.05) is 4.70 Å². The zero-order valence-electron chi connectivity index (χ0n) is 9.22. The number of thiophene rings is 1. The smallest absolute Gasteiger partial charge is 0.348 e. The van der Waals surface area contributed by atoms with E-state index in [9.17, 15) is 4.79 Å². The fourth-order valence-electron chi connectivity index (χ4n) is 1.42. The van der Waals surface area contributed by atoms with E-state index in [-0.39, 0.29) is 12.6 Å². The normalized spacial score (nSPS) is 10.1. The lowest BCUT2D eigenvalue weighted by Gasteiger charge is -2.02. The molecule has 0 fully saturated rings. The van der Waals surface area contributed by atoms with Crippen molar-refractivity contribution < 1.29 is 14.3 Å². The van der Waals surface area contributed by atoms with Crippen LogP contribution in [0, 0.1) is 0 Å². The van der Waals surface area contributed by atoms with Crippen molar-refractivity contribution in [3.63, 3.8) is 0 Å². The van der Waals surface area contributed by atoms with Crippen LogP contribution in [0.5, 0.6) is 0 Å². The minimum atomic E-state index is -0.307. The van der Waals surface area contributed by atoms with E-state index in [4.69, 9.17) is 9.47 Å². The molecule has 0 bridgehead atoms. The number of benzene rings is 1. The Morgan fingerprint density at radius 2 is 2.18 bits per heavy atom. The largest absolute Gasteiger partial charge is 0.498 e. The molecule has 88 valence electrons. The van der Waals surface area contributed by atoms with Crippen LogP contribution in [0.15, 0.2) is 43.2 Å². The average molecular weight is 248 g/mol. The predicted octanol–water partition coefficient (Wildman–Crippen LogP) is 3.22. The van der Waals surface area contributed by atoms with Gasteiger partial charge in [-0.05, 0) is 17.5 Å². The zero-order valence-corrected chi connectivity index (χ0v) is 10.0. The zero-order chi connectivity index (χ0) is 12.1. The molecule has 0 spiro atoms. The molecule has 0 atom stereocenters. The van der Waals surface area contributed by atoms with E-state index in [0.717, 1.165) is 10.1 Å². The monoisotopic (exact) mass is 248 g/mol. The molecular formula is C13H12O3S. The van der Waals surface area contributed by atoms with Crippen molar-refractivity contribution in [1.29, 1.82) is 0 Å². The van der Waals surface area contributed by atoms with E-state index < -0.39 is 0 Å². The van der Waals surface area contributed by atoms with Crippen LogP contribution in [0.3, 0.4) is 0 Å². The van der Waals surface area contributed by atoms with Crippen molar-refractivity contribution in [2.75, 3.05) is 13.2 Å². The maximum absolute atomic E-state index is 11.7. The van der Waals surface area contributed by atoms with Gasteiger partial charge in [0.2, 0.25) is 0 Å². The number of rotatable bonds is 5. The molecule has 17 heavy (non-hydrogen) atoms. The second-order valence-electron chi connectivity index (χ2n) is 3.32. The molecule has 0 N–H and O–H groups in total. The van der Waals surface area contributed by atoms with E-state index in [1.807, 2.05) is 30.3 Å². The summed E-state index contributed by atoms with van der Waals surface area (Å²) in [7, 11) is 0. The summed E-state index contributed by atoms with van der Waals surface area (Å²) >= 11 is 1.43. The van der Waals surface area contributed by atoms with E-state index in [2.05, 4.69) is 6.58 Å². The molecule has 0 saturated carbocycles. The summed E-state index contributed by atoms with van der Waals surface area (Å²) in [5.74, 6) is -0.307. The summed E-state index contributed by atoms with van der Waals surface area (Å²) in [6.45, 7) is 3.97. The maximum Gasteiger partial charge on any atom is 0.348 e. The Bertz CT molecular complexity index is 497. The number of esters is 1. The number of carbonyl (C=O) groups is 1. The van der Waals surface area contributed by atoms with Crippen molar-refractivity contribution in [2.45, 2.75) is 0 Å². The van der Waals surface area contributed by atoms with Gasteiger partial charge in [0.25, 0.3) is 0 Å². The summed E-state index contributed by atoms with van der Waals surface area (Å²) in [4.78, 5) is 12.3. The van der Waals surface area contributed by atoms with Gasteiger partial charge in [-0.3, -0.25) is 0 Å². The molecule has 1 aromatic heterocycles. The lowest BCUT2D eigenvalue weighted by molar-refractivity contribution is 0.0427. The van der Waals surface area contributed by atoms with Crippen LogP contribution >= 0.6 is 11.3 Å². The van der Waals surface area contributed by atoms with E-state index >= 15 is 0 Å². The Morgan fingerprint density at radius 3 is 2.94 bits per heavy atom. The first-order chi connectivity index (χ1) is 8.31. The van der Waals surface area contributed by atoms with Crippen LogP contribution in [0.2, 0.25) is 0 Å². The van der Waals surface area contributed by atoms with Crippen LogP contribution in [0.1, 0.15) is 9.67 Å². The molecule has 2 aromatic rings. The first kappa shape index (κ1) is 11.7. The highest BCUT2D eigenvalue weighted by Crippen LogP contribution is 2.25. The highest BCUT2D eigenvalue weighted by molar-refractivity contribution is 7.20. The lowest BCUT2D eigenvalue weighted by atomic mass is 10.2. The van der Waals surface area contributed by atoms with E-state index in [1.54, 1.807) is 0 Å². The third-order valence-electron chi connectivity index (χ3n) is 2.18. The minimum Gasteiger partial charge on any atom is -0.498 e. The molecule has 0 aliphatic heterocycles. The quantitative estimate of drug-likeness (QED) is 0.463. The van der Waals surface area contributed by atoms with Crippen molar-refractivity contribution in [3.05, 3.63) is 48.0 Å². The molecule has 4 heteroatoms. The molecule has 0 aliphatic rings. The van der Waals surface area contributed by atoms with Gasteiger partial charge >= 0.3 is 5.97 Å². The molecule has 1 heterocycles. The van der Waals surface area contributed by atoms with Gasteiger partial charge in [-0.25, -0.2) is 4.79 Å². The Labute approximate surface area is 103 Å². The van der Waals surface area contributed by atoms with Gasteiger partial charge in [-0.2, -0.15) is 0 Å². The predicted molar refractivity (Wildman–Crippen MR) is 68.3 cm³/mol. The summed E-state index contributed by atoms with van der Waals surface area (Å²) in [6, 6.07) is 9.70. The molecular weight excluding hydrogens is 236 g/mol. The summed E-state index contributed by atoms with van der Waals surface area (Å²) in [5.41, 5.74) is 0. The van der Waals surface area contributed by atoms with Crippen LogP contribution < -0.4 is 0 Å². The Balaban J connectivity index is 2.01. The van der Waals surface area contributed by atoms with Gasteiger partial charge in [0.05, 0.1) is 6.26 Å². The third-order valence-corrected chi connectivity index (χ3v) is 3.28. The molecule has 3 nitrogen and oxygen atoms in total. The average Bonchev–Trinajstić information content (AvgIpc) is 2.78. The summed E-state index contributed by atoms with van der Waals surface area (Å²) < 4.78 is 11.0. The fourth-order valence-corrected chi connectivity index (χ4v) is 2.38. The van der Waals surface area contributed by atoms with Gasteiger partial charge in [-0.1, -0.05) is 24.8 Å². The second kappa shape index (κ2) is 5.50. The Hall–Kier alpha value is -1.81. The summed E-state index contributed by atoms with van der Waals surface area (Å²) in [5, 5.41) is 1.06. The highest BCUT2D eigenvalue weighted by atomic mass is 32.1. The lowest BCUT2D eigenvalue weighted by Crippen LogP contribution is -2.08. The van der Waals surface area contributed by atoms with Crippen LogP contribution in [0.4, 0.5) is 0 Å². The van der Waals surface area contributed by atoms with Crippen molar-refractivity contribution in [2.24, 2.45) is 0 Å². The van der Waals surface area contributed by atoms with Crippen LogP contribution in [-0.2, 0) is 9.47 Å². The molecule has 1 aromatic carbocycles. The van der Waals surface area contributed by atoms with Crippen molar-refractivity contribution in [1.82, 2.24) is 0 Å². The fraction of sp³-hybridized carbons (Fsp3) is 0.154. The maximum atomic E-state index is 11.7. The van der Waals surface area contributed by atoms with E-state index in [0.29, 0.717) is 11.5 Å². The summed E-state index contributed by atoms with van der Waals surface area (Å²) in [6.07, 6.45) is 1.33. The minimum absolute atomic E-state index is 0.235. The number of hydrogen-bond acceptors (Lipinski definition) is 4. The molecule has 0 amide bonds. The SMILES string of the molecule is C=COCCOC(=O)c1cc2ccccc2s1. The first-order valence-corrected chi connectivity index (χ1v) is 6.01. The van der Waals surface area contributed by atoms with Crippen molar-refractivity contribution in [3.8, 4) is 0 Å². The molecule has 0 unspecified atom stereocenters. The second-order valence-corrected chi connectivity index (χ2v) is 4.41. The molecule has 0 saturated heterocycles. The molecule has 2 rings (SSSR count). The van der Waals surface area contributed by atoms with Gasteiger partial charge < -0.3 is 9.47 Å². The van der Waals surface area contributed by atoms with Gasteiger partial charge in [0.1, 0.15) is 18.1 Å². The topological polar surface area (TPSA) is 35.5 Å². The number of hydrogen-bond donors (Lipinski definition) is 0.